The lowest BCUT2D eigenvalue weighted by Crippen LogP contribution is -2.49. The predicted molar refractivity (Wildman–Crippen MR) is 205 cm³/mol. The van der Waals surface area contributed by atoms with Crippen molar-refractivity contribution in [3.05, 3.63) is 105 Å². The number of carbonyl (C=O) groups excluding carboxylic acids is 2. The fourth-order valence-electron chi connectivity index (χ4n) is 6.62. The number of aromatic nitrogens is 2. The van der Waals surface area contributed by atoms with Gasteiger partial charge in [-0.25, -0.2) is 9.78 Å². The van der Waals surface area contributed by atoms with Crippen molar-refractivity contribution < 1.29 is 24.2 Å². The summed E-state index contributed by atoms with van der Waals surface area (Å²) in [7, 11) is 0. The van der Waals surface area contributed by atoms with Crippen LogP contribution in [-0.2, 0) is 29.2 Å². The number of imidazole rings is 1. The summed E-state index contributed by atoms with van der Waals surface area (Å²) in [4.78, 5) is 44.0. The molecule has 1 heterocycles. The van der Waals surface area contributed by atoms with E-state index in [1.54, 1.807) is 36.4 Å². The third-order valence-corrected chi connectivity index (χ3v) is 9.85. The second-order valence-corrected chi connectivity index (χ2v) is 15.4. The maximum Gasteiger partial charge on any atom is 0.335 e. The van der Waals surface area contributed by atoms with Crippen LogP contribution in [-0.4, -0.2) is 38.0 Å². The lowest BCUT2D eigenvalue weighted by Gasteiger charge is -2.33. The normalized spacial score (nSPS) is 16.6. The van der Waals surface area contributed by atoms with Crippen LogP contribution < -0.4 is 15.4 Å². The maximum absolute atomic E-state index is 14.3. The zero-order chi connectivity index (χ0) is 37.4. The number of ether oxygens (including phenoxy) is 1. The molecule has 2 amide bonds. The average molecular weight is 748 g/mol. The lowest BCUT2D eigenvalue weighted by molar-refractivity contribution is -0.137. The number of rotatable bonds is 14. The number of carbonyl (C=O) groups is 3. The van der Waals surface area contributed by atoms with Gasteiger partial charge in [-0.05, 0) is 100 Å². The van der Waals surface area contributed by atoms with E-state index < -0.39 is 29.4 Å². The van der Waals surface area contributed by atoms with Crippen LogP contribution in [0.4, 0.5) is 0 Å². The molecule has 0 aliphatic heterocycles. The molecule has 11 heteroatoms. The third kappa shape index (κ3) is 10.4. The summed E-state index contributed by atoms with van der Waals surface area (Å²) in [5, 5.41) is 16.6. The molecule has 3 N–H and O–H groups in total. The second kappa shape index (κ2) is 17.5. The van der Waals surface area contributed by atoms with Gasteiger partial charge in [0, 0.05) is 40.7 Å². The summed E-state index contributed by atoms with van der Waals surface area (Å²) in [5.41, 5.74) is 3.07. The van der Waals surface area contributed by atoms with Crippen LogP contribution in [0.25, 0.3) is 11.3 Å². The van der Waals surface area contributed by atoms with Gasteiger partial charge in [-0.1, -0.05) is 73.7 Å². The highest BCUT2D eigenvalue weighted by Crippen LogP contribution is 2.34. The van der Waals surface area contributed by atoms with E-state index in [0.717, 1.165) is 42.4 Å². The molecule has 52 heavy (non-hydrogen) atoms. The highest BCUT2D eigenvalue weighted by atomic mass is 35.5. The Hall–Kier alpha value is -4.34. The Labute approximate surface area is 316 Å². The number of aromatic carboxylic acids is 1. The van der Waals surface area contributed by atoms with Crippen molar-refractivity contribution >= 4 is 41.0 Å². The number of carboxylic acid groups (broad SMARTS) is 1. The first kappa shape index (κ1) is 38.9. The summed E-state index contributed by atoms with van der Waals surface area (Å²) in [5.74, 6) is -0.702. The monoisotopic (exact) mass is 746 g/mol. The van der Waals surface area contributed by atoms with Crippen LogP contribution >= 0.6 is 23.2 Å². The number of nitrogens with zero attached hydrogens (tertiary/aromatic N) is 2. The smallest absolute Gasteiger partial charge is 0.335 e. The number of benzene rings is 3. The number of hydrogen-bond donors (Lipinski definition) is 3. The van der Waals surface area contributed by atoms with Crippen molar-refractivity contribution in [3.8, 4) is 17.0 Å². The van der Waals surface area contributed by atoms with Gasteiger partial charge in [0.05, 0.1) is 22.3 Å². The van der Waals surface area contributed by atoms with Crippen molar-refractivity contribution in [2.45, 2.75) is 97.4 Å². The molecular formula is C41H48Cl2N4O5. The van der Waals surface area contributed by atoms with Crippen LogP contribution in [0.2, 0.25) is 10.0 Å². The predicted octanol–water partition coefficient (Wildman–Crippen LogP) is 9.06. The van der Waals surface area contributed by atoms with Gasteiger partial charge in [-0.2, -0.15) is 0 Å². The van der Waals surface area contributed by atoms with E-state index in [-0.39, 0.29) is 24.0 Å². The zero-order valence-corrected chi connectivity index (χ0v) is 31.8. The highest BCUT2D eigenvalue weighted by Gasteiger charge is 2.38. The van der Waals surface area contributed by atoms with Crippen molar-refractivity contribution in [2.75, 3.05) is 0 Å². The summed E-state index contributed by atoms with van der Waals surface area (Å²) in [6.07, 6.45) is 7.43. The Balaban J connectivity index is 1.43. The summed E-state index contributed by atoms with van der Waals surface area (Å²) in [6.45, 7) is 8.98. The summed E-state index contributed by atoms with van der Waals surface area (Å²) in [6, 6.07) is 19.1. The Morgan fingerprint density at radius 3 is 2.21 bits per heavy atom. The average Bonchev–Trinajstić information content (AvgIpc) is 3.53. The molecule has 0 unspecified atom stereocenters. The minimum Gasteiger partial charge on any atom is -0.489 e. The van der Waals surface area contributed by atoms with E-state index in [9.17, 15) is 19.5 Å². The van der Waals surface area contributed by atoms with Gasteiger partial charge >= 0.3 is 5.97 Å². The number of nitrogens with one attached hydrogen (secondary N) is 2. The largest absolute Gasteiger partial charge is 0.489 e. The fraction of sp³-hybridized carbons (Fsp3) is 0.415. The van der Waals surface area contributed by atoms with Gasteiger partial charge in [0.2, 0.25) is 11.8 Å². The molecule has 0 radical (unpaired) electrons. The quantitative estimate of drug-likeness (QED) is 0.118. The van der Waals surface area contributed by atoms with E-state index in [0.29, 0.717) is 53.1 Å². The van der Waals surface area contributed by atoms with Crippen molar-refractivity contribution in [1.29, 1.82) is 0 Å². The molecule has 0 bridgehead atoms. The Kier molecular flexibility index (Phi) is 13.0. The molecule has 1 saturated carbocycles. The number of hydrogen-bond acceptors (Lipinski definition) is 5. The topological polar surface area (TPSA) is 123 Å². The van der Waals surface area contributed by atoms with Crippen LogP contribution in [0.15, 0.2) is 72.9 Å². The lowest BCUT2D eigenvalue weighted by atomic mass is 9.77. The second-order valence-electron chi connectivity index (χ2n) is 14.6. The zero-order valence-electron chi connectivity index (χ0n) is 30.3. The number of amides is 2. The number of carboxylic acids is 1. The van der Waals surface area contributed by atoms with Crippen LogP contribution in [0.1, 0.15) is 99.6 Å². The molecule has 0 saturated heterocycles. The SMILES string of the molecule is CCCCn1cc(-c2ccc(Cl)cc2Cl)nc1[C@H](Cc1ccc(OCc2ccc(C(=O)O)cc2)cc1)NC(=O)[C@@H]1CCCC[C@H]1C(=O)NC(C)(C)C. The number of aryl methyl sites for hydroxylation is 1. The fourth-order valence-corrected chi connectivity index (χ4v) is 7.12. The number of unbranched alkanes of at least 4 members (excludes halogenated alkanes) is 1. The van der Waals surface area contributed by atoms with E-state index in [1.807, 2.05) is 57.3 Å². The van der Waals surface area contributed by atoms with E-state index in [2.05, 4.69) is 22.1 Å². The third-order valence-electron chi connectivity index (χ3n) is 9.30. The number of halogens is 2. The first-order valence-electron chi connectivity index (χ1n) is 18.0. The highest BCUT2D eigenvalue weighted by molar-refractivity contribution is 6.36. The molecule has 0 spiro atoms. The molecule has 3 aromatic carbocycles. The Morgan fingerprint density at radius 1 is 0.942 bits per heavy atom. The molecule has 1 aromatic heterocycles. The van der Waals surface area contributed by atoms with E-state index in [1.165, 1.54) is 0 Å². The maximum atomic E-state index is 14.3. The van der Waals surface area contributed by atoms with Gasteiger partial charge in [0.15, 0.2) is 0 Å². The van der Waals surface area contributed by atoms with Gasteiger partial charge < -0.3 is 25.0 Å². The first-order valence-corrected chi connectivity index (χ1v) is 18.8. The minimum atomic E-state index is -0.972. The molecule has 9 nitrogen and oxygen atoms in total. The minimum absolute atomic E-state index is 0.0820. The molecule has 276 valence electrons. The summed E-state index contributed by atoms with van der Waals surface area (Å²) >= 11 is 12.9. The van der Waals surface area contributed by atoms with Gasteiger partial charge in [-0.15, -0.1) is 0 Å². The van der Waals surface area contributed by atoms with E-state index in [4.69, 9.17) is 32.9 Å². The van der Waals surface area contributed by atoms with Gasteiger partial charge in [0.1, 0.15) is 18.2 Å². The van der Waals surface area contributed by atoms with Crippen LogP contribution in [0, 0.1) is 11.8 Å². The molecule has 4 aromatic rings. The van der Waals surface area contributed by atoms with Crippen LogP contribution in [0.3, 0.4) is 0 Å². The Bertz CT molecular complexity index is 1850. The Morgan fingerprint density at radius 2 is 1.60 bits per heavy atom. The molecule has 1 fully saturated rings. The van der Waals surface area contributed by atoms with Crippen LogP contribution in [0.5, 0.6) is 5.75 Å². The van der Waals surface area contributed by atoms with Crippen molar-refractivity contribution in [2.24, 2.45) is 11.8 Å². The van der Waals surface area contributed by atoms with Gasteiger partial charge in [0.25, 0.3) is 0 Å². The van der Waals surface area contributed by atoms with Crippen molar-refractivity contribution in [1.82, 2.24) is 20.2 Å². The van der Waals surface area contributed by atoms with Gasteiger partial charge in [-0.3, -0.25) is 9.59 Å². The van der Waals surface area contributed by atoms with Crippen molar-refractivity contribution in [3.63, 3.8) is 0 Å². The van der Waals surface area contributed by atoms with E-state index >= 15 is 0 Å². The molecule has 1 aliphatic rings. The molecule has 1 aliphatic carbocycles. The first-order chi connectivity index (χ1) is 24.8. The summed E-state index contributed by atoms with van der Waals surface area (Å²) < 4.78 is 8.10. The molecular weight excluding hydrogens is 699 g/mol. The molecule has 5 rings (SSSR count). The molecule has 3 atom stereocenters. The standard InChI is InChI=1S/C41H48Cl2N4O5/c1-5-6-21-47-24-36(33-20-17-29(42)23-34(33)43)44-37(47)35(45-38(48)31-9-7-8-10-32(31)39(49)46-41(2,3)4)22-26-13-18-30(19-14-26)52-25-27-11-15-28(16-12-27)40(50)51/h11-20,23-24,31-32,35H,5-10,21-22,25H2,1-4H3,(H,45,48)(H,46,49)(H,50,51)/t31-,32-,35+/m1/s1.